The maximum atomic E-state index is 12.6. The maximum Gasteiger partial charge on any atom is 0.416 e. The number of alkyl halides is 3. The van der Waals surface area contributed by atoms with E-state index in [0.29, 0.717) is 23.4 Å². The zero-order chi connectivity index (χ0) is 20.3. The number of carbonyl (C=O) groups excluding carboxylic acids is 2. The van der Waals surface area contributed by atoms with Crippen LogP contribution in [0.5, 0.6) is 5.75 Å². The molecule has 1 aliphatic heterocycles. The summed E-state index contributed by atoms with van der Waals surface area (Å²) in [6, 6.07) is 9.10. The molecule has 2 aromatic carbocycles. The van der Waals surface area contributed by atoms with Crippen LogP contribution in [-0.4, -0.2) is 35.1 Å². The largest absolute Gasteiger partial charge is 0.491 e. The SMILES string of the molecule is O=C(NO)c1ccc2c(c1)OCCN(C(=O)Cc1ccc(C(F)(F)F)cc1)C2. The molecule has 2 N–H and O–H groups in total. The van der Waals surface area contributed by atoms with Gasteiger partial charge in [0.2, 0.25) is 5.91 Å². The molecule has 0 aromatic heterocycles. The first-order valence-corrected chi connectivity index (χ1v) is 8.42. The van der Waals surface area contributed by atoms with Crippen molar-refractivity contribution in [2.45, 2.75) is 19.1 Å². The zero-order valence-electron chi connectivity index (χ0n) is 14.6. The van der Waals surface area contributed by atoms with E-state index in [1.165, 1.54) is 24.3 Å². The molecule has 9 heteroatoms. The average molecular weight is 394 g/mol. The second-order valence-corrected chi connectivity index (χ2v) is 6.30. The predicted octanol–water partition coefficient (Wildman–Crippen LogP) is 2.79. The molecule has 0 fully saturated rings. The van der Waals surface area contributed by atoms with Crippen LogP contribution in [0.4, 0.5) is 13.2 Å². The number of rotatable bonds is 3. The van der Waals surface area contributed by atoms with Crippen molar-refractivity contribution in [2.24, 2.45) is 0 Å². The molecule has 0 saturated heterocycles. The molecule has 3 rings (SSSR count). The van der Waals surface area contributed by atoms with Crippen molar-refractivity contribution in [1.29, 1.82) is 0 Å². The van der Waals surface area contributed by atoms with E-state index in [1.54, 1.807) is 16.4 Å². The molecule has 6 nitrogen and oxygen atoms in total. The fourth-order valence-corrected chi connectivity index (χ4v) is 2.89. The monoisotopic (exact) mass is 394 g/mol. The second-order valence-electron chi connectivity index (χ2n) is 6.30. The maximum absolute atomic E-state index is 12.6. The van der Waals surface area contributed by atoms with Gasteiger partial charge < -0.3 is 9.64 Å². The average Bonchev–Trinajstić information content (AvgIpc) is 2.89. The van der Waals surface area contributed by atoms with Crippen LogP contribution in [0.15, 0.2) is 42.5 Å². The van der Waals surface area contributed by atoms with Crippen LogP contribution in [-0.2, 0) is 23.9 Å². The van der Waals surface area contributed by atoms with Gasteiger partial charge in [-0.2, -0.15) is 13.2 Å². The van der Waals surface area contributed by atoms with Crippen LogP contribution < -0.4 is 10.2 Å². The first-order chi connectivity index (χ1) is 13.3. The lowest BCUT2D eigenvalue weighted by molar-refractivity contribution is -0.137. The first-order valence-electron chi connectivity index (χ1n) is 8.42. The lowest BCUT2D eigenvalue weighted by atomic mass is 10.1. The number of hydrogen-bond donors (Lipinski definition) is 2. The minimum absolute atomic E-state index is 0.0293. The summed E-state index contributed by atoms with van der Waals surface area (Å²) in [4.78, 5) is 25.6. The summed E-state index contributed by atoms with van der Waals surface area (Å²) in [6.07, 6.45) is -4.45. The molecule has 0 spiro atoms. The van der Waals surface area contributed by atoms with E-state index >= 15 is 0 Å². The quantitative estimate of drug-likeness (QED) is 0.620. The van der Waals surface area contributed by atoms with Crippen molar-refractivity contribution in [3.05, 3.63) is 64.7 Å². The Morgan fingerprint density at radius 2 is 1.86 bits per heavy atom. The molecular weight excluding hydrogens is 377 g/mol. The molecule has 0 bridgehead atoms. The van der Waals surface area contributed by atoms with Gasteiger partial charge in [-0.3, -0.25) is 14.8 Å². The number of amides is 2. The van der Waals surface area contributed by atoms with E-state index in [4.69, 9.17) is 9.94 Å². The van der Waals surface area contributed by atoms with Crippen LogP contribution in [0.1, 0.15) is 27.0 Å². The smallest absolute Gasteiger partial charge is 0.416 e. The van der Waals surface area contributed by atoms with Gasteiger partial charge in [-0.15, -0.1) is 0 Å². The van der Waals surface area contributed by atoms with Crippen molar-refractivity contribution in [3.8, 4) is 5.75 Å². The van der Waals surface area contributed by atoms with Gasteiger partial charge in [-0.1, -0.05) is 18.2 Å². The minimum Gasteiger partial charge on any atom is -0.491 e. The van der Waals surface area contributed by atoms with Gasteiger partial charge in [-0.05, 0) is 29.8 Å². The van der Waals surface area contributed by atoms with Crippen molar-refractivity contribution in [3.63, 3.8) is 0 Å². The molecule has 28 heavy (non-hydrogen) atoms. The summed E-state index contributed by atoms with van der Waals surface area (Å²) in [5.74, 6) is -0.481. The fraction of sp³-hybridized carbons (Fsp3) is 0.263. The van der Waals surface area contributed by atoms with Crippen LogP contribution in [0, 0.1) is 0 Å². The summed E-state index contributed by atoms with van der Waals surface area (Å²) in [5, 5.41) is 8.71. The summed E-state index contributed by atoms with van der Waals surface area (Å²) in [6.45, 7) is 0.751. The molecule has 0 aliphatic carbocycles. The molecule has 1 aliphatic rings. The van der Waals surface area contributed by atoms with Crippen molar-refractivity contribution < 1.29 is 32.7 Å². The normalized spacial score (nSPS) is 13.9. The van der Waals surface area contributed by atoms with Gasteiger partial charge in [0, 0.05) is 17.7 Å². The number of ether oxygens (including phenoxy) is 1. The van der Waals surface area contributed by atoms with E-state index in [2.05, 4.69) is 0 Å². The van der Waals surface area contributed by atoms with Gasteiger partial charge in [0.1, 0.15) is 12.4 Å². The van der Waals surface area contributed by atoms with Gasteiger partial charge in [0.25, 0.3) is 5.91 Å². The highest BCUT2D eigenvalue weighted by Gasteiger charge is 2.30. The minimum atomic E-state index is -4.42. The summed E-state index contributed by atoms with van der Waals surface area (Å²) in [7, 11) is 0. The van der Waals surface area contributed by atoms with Crippen molar-refractivity contribution in [1.82, 2.24) is 10.4 Å². The van der Waals surface area contributed by atoms with Crippen LogP contribution in [0.3, 0.4) is 0 Å². The van der Waals surface area contributed by atoms with Gasteiger partial charge in [0.15, 0.2) is 0 Å². The first kappa shape index (κ1) is 19.7. The molecule has 148 valence electrons. The number of hydrogen-bond acceptors (Lipinski definition) is 4. The van der Waals surface area contributed by atoms with Crippen LogP contribution in [0.2, 0.25) is 0 Å². The topological polar surface area (TPSA) is 78.9 Å². The van der Waals surface area contributed by atoms with Crippen LogP contribution >= 0.6 is 0 Å². The van der Waals surface area contributed by atoms with Gasteiger partial charge >= 0.3 is 6.18 Å². The number of fused-ring (bicyclic) bond motifs is 1. The number of hydroxylamine groups is 1. The highest BCUT2D eigenvalue weighted by molar-refractivity contribution is 5.93. The van der Waals surface area contributed by atoms with Crippen LogP contribution in [0.25, 0.3) is 0 Å². The number of nitrogens with one attached hydrogen (secondary N) is 1. The second kappa shape index (κ2) is 7.89. The molecular formula is C19H17F3N2O4. The van der Waals surface area contributed by atoms with E-state index < -0.39 is 17.6 Å². The van der Waals surface area contributed by atoms with E-state index in [-0.39, 0.29) is 31.0 Å². The number of carbonyl (C=O) groups is 2. The standard InChI is InChI=1S/C19H17F3N2O4/c20-19(21,22)15-5-1-12(2-6-15)9-17(25)24-7-8-28-16-10-13(18(26)23-27)3-4-14(16)11-24/h1-6,10,27H,7-9,11H2,(H,23,26). The Kier molecular flexibility index (Phi) is 5.55. The third-order valence-electron chi connectivity index (χ3n) is 4.40. The Bertz CT molecular complexity index is 882. The Balaban J connectivity index is 1.70. The van der Waals surface area contributed by atoms with E-state index in [1.807, 2.05) is 0 Å². The molecule has 0 unspecified atom stereocenters. The molecule has 0 atom stereocenters. The fourth-order valence-electron chi connectivity index (χ4n) is 2.89. The number of benzene rings is 2. The summed E-state index contributed by atoms with van der Waals surface area (Å²) < 4.78 is 43.5. The third kappa shape index (κ3) is 4.42. The highest BCUT2D eigenvalue weighted by Crippen LogP contribution is 2.29. The molecule has 2 aromatic rings. The Labute approximate surface area is 158 Å². The molecule has 0 radical (unpaired) electrons. The van der Waals surface area contributed by atoms with E-state index in [0.717, 1.165) is 12.1 Å². The lowest BCUT2D eigenvalue weighted by Gasteiger charge is -2.20. The Hall–Kier alpha value is -3.07. The van der Waals surface area contributed by atoms with Gasteiger partial charge in [-0.25, -0.2) is 5.48 Å². The zero-order valence-corrected chi connectivity index (χ0v) is 14.6. The Morgan fingerprint density at radius 3 is 2.50 bits per heavy atom. The van der Waals surface area contributed by atoms with Crippen molar-refractivity contribution in [2.75, 3.05) is 13.2 Å². The third-order valence-corrected chi connectivity index (χ3v) is 4.40. The van der Waals surface area contributed by atoms with Gasteiger partial charge in [0.05, 0.1) is 18.5 Å². The summed E-state index contributed by atoms with van der Waals surface area (Å²) >= 11 is 0. The lowest BCUT2D eigenvalue weighted by Crippen LogP contribution is -2.33. The molecule has 1 heterocycles. The van der Waals surface area contributed by atoms with Crippen molar-refractivity contribution >= 4 is 11.8 Å². The Morgan fingerprint density at radius 1 is 1.14 bits per heavy atom. The summed E-state index contributed by atoms with van der Waals surface area (Å²) in [5.41, 5.74) is 2.17. The molecule has 0 saturated carbocycles. The molecule has 2 amide bonds. The number of halogens is 3. The number of nitrogens with zero attached hydrogens (tertiary/aromatic N) is 1. The predicted molar refractivity (Wildman–Crippen MR) is 91.8 cm³/mol. The highest BCUT2D eigenvalue weighted by atomic mass is 19.4. The van der Waals surface area contributed by atoms with E-state index in [9.17, 15) is 22.8 Å².